The molecule has 1 aromatic carbocycles. The predicted molar refractivity (Wildman–Crippen MR) is 106 cm³/mol. The summed E-state index contributed by atoms with van der Waals surface area (Å²) in [6, 6.07) is 6.47. The van der Waals surface area contributed by atoms with Crippen LogP contribution in [-0.2, 0) is 6.54 Å². The second-order valence-electron chi connectivity index (χ2n) is 5.12. The number of halogens is 1. The lowest BCUT2D eigenvalue weighted by Gasteiger charge is -2.09. The molecule has 0 spiro atoms. The Hall–Kier alpha value is -1.50. The van der Waals surface area contributed by atoms with Crippen LogP contribution in [0.5, 0.6) is 0 Å². The van der Waals surface area contributed by atoms with Crippen molar-refractivity contribution < 1.29 is 0 Å². The van der Waals surface area contributed by atoms with Gasteiger partial charge in [-0.2, -0.15) is 0 Å². The number of hydrogen-bond acceptors (Lipinski definition) is 1. The van der Waals surface area contributed by atoms with Gasteiger partial charge in [0.1, 0.15) is 0 Å². The van der Waals surface area contributed by atoms with Gasteiger partial charge in [0.15, 0.2) is 5.96 Å². The summed E-state index contributed by atoms with van der Waals surface area (Å²) in [6.45, 7) is 12.2. The van der Waals surface area contributed by atoms with Gasteiger partial charge in [0.05, 0.1) is 6.54 Å². The molecule has 0 aliphatic rings. The molecule has 0 atom stereocenters. The van der Waals surface area contributed by atoms with Gasteiger partial charge in [-0.3, -0.25) is 0 Å². The van der Waals surface area contributed by atoms with Crippen molar-refractivity contribution in [3.05, 3.63) is 47.7 Å². The minimum atomic E-state index is 0. The molecule has 1 heterocycles. The summed E-state index contributed by atoms with van der Waals surface area (Å²) in [5.74, 6) is 0.819. The molecule has 2 aromatic rings. The summed E-state index contributed by atoms with van der Waals surface area (Å²) in [6.07, 6.45) is 1.82. The van der Waals surface area contributed by atoms with Crippen LogP contribution in [0.25, 0.3) is 10.9 Å². The van der Waals surface area contributed by atoms with Crippen LogP contribution in [0.3, 0.4) is 0 Å². The molecule has 0 aliphatic heterocycles. The fourth-order valence-electron chi connectivity index (χ4n) is 2.29. The van der Waals surface area contributed by atoms with Crippen molar-refractivity contribution >= 4 is 40.8 Å². The quantitative estimate of drug-likeness (QED) is 0.304. The lowest BCUT2D eigenvalue weighted by atomic mass is 10.1. The molecule has 0 unspecified atom stereocenters. The largest absolute Gasteiger partial charge is 0.358 e. The molecular formula is C17H25IN4. The van der Waals surface area contributed by atoms with Crippen molar-refractivity contribution in [2.75, 3.05) is 13.1 Å². The summed E-state index contributed by atoms with van der Waals surface area (Å²) in [5.41, 5.74) is 4.94. The molecule has 0 saturated carbocycles. The van der Waals surface area contributed by atoms with Gasteiger partial charge in [-0.15, -0.1) is 30.6 Å². The first-order chi connectivity index (χ1) is 10.2. The Labute approximate surface area is 149 Å². The van der Waals surface area contributed by atoms with Gasteiger partial charge in [-0.25, -0.2) is 4.99 Å². The van der Waals surface area contributed by atoms with Gasteiger partial charge in [0.2, 0.25) is 0 Å². The van der Waals surface area contributed by atoms with E-state index in [1.165, 1.54) is 27.7 Å². The molecule has 0 saturated heterocycles. The first kappa shape index (κ1) is 18.5. The second kappa shape index (κ2) is 8.82. The van der Waals surface area contributed by atoms with E-state index in [2.05, 4.69) is 66.2 Å². The number of nitrogens with zero attached hydrogens (tertiary/aromatic N) is 1. The molecule has 4 nitrogen and oxygen atoms in total. The zero-order valence-electron chi connectivity index (χ0n) is 13.5. The normalized spacial score (nSPS) is 11.1. The Balaban J connectivity index is 0.00000242. The van der Waals surface area contributed by atoms with Crippen molar-refractivity contribution in [2.24, 2.45) is 4.99 Å². The third-order valence-corrected chi connectivity index (χ3v) is 3.55. The van der Waals surface area contributed by atoms with Crippen LogP contribution in [0.15, 0.2) is 35.8 Å². The summed E-state index contributed by atoms with van der Waals surface area (Å²) in [4.78, 5) is 8.00. The second-order valence-corrected chi connectivity index (χ2v) is 5.12. The van der Waals surface area contributed by atoms with Crippen molar-refractivity contribution in [2.45, 2.75) is 27.3 Å². The number of aliphatic imine (C=N–C) groups is 1. The maximum atomic E-state index is 4.60. The Morgan fingerprint density at radius 1 is 1.32 bits per heavy atom. The maximum Gasteiger partial charge on any atom is 0.191 e. The molecule has 0 bridgehead atoms. The number of aromatic amines is 1. The van der Waals surface area contributed by atoms with E-state index in [-0.39, 0.29) is 24.0 Å². The van der Waals surface area contributed by atoms with Crippen molar-refractivity contribution in [1.29, 1.82) is 0 Å². The summed E-state index contributed by atoms with van der Waals surface area (Å²) >= 11 is 0. The van der Waals surface area contributed by atoms with Crippen LogP contribution in [-0.4, -0.2) is 24.0 Å². The third-order valence-electron chi connectivity index (χ3n) is 3.55. The standard InChI is InChI=1S/C17H24N4.HI/c1-5-9-19-17(18-6-2)20-11-14-7-8-16-15(10-14)12(3)13(4)21-16;/h5,7-8,10,21H,1,6,9,11H2,2-4H3,(H2,18,19,20);1H. The Morgan fingerprint density at radius 2 is 2.09 bits per heavy atom. The minimum absolute atomic E-state index is 0. The van der Waals surface area contributed by atoms with Gasteiger partial charge < -0.3 is 15.6 Å². The van der Waals surface area contributed by atoms with Gasteiger partial charge in [0, 0.05) is 29.7 Å². The highest BCUT2D eigenvalue weighted by molar-refractivity contribution is 14.0. The number of H-pyrrole nitrogens is 1. The molecule has 5 heteroatoms. The Morgan fingerprint density at radius 3 is 2.77 bits per heavy atom. The Kier molecular flexibility index (Phi) is 7.44. The average Bonchev–Trinajstić information content (AvgIpc) is 2.77. The molecule has 3 N–H and O–H groups in total. The number of rotatable bonds is 5. The maximum absolute atomic E-state index is 4.60. The van der Waals surface area contributed by atoms with E-state index in [0.29, 0.717) is 13.1 Å². The topological polar surface area (TPSA) is 52.2 Å². The van der Waals surface area contributed by atoms with Gasteiger partial charge in [-0.1, -0.05) is 12.1 Å². The minimum Gasteiger partial charge on any atom is -0.358 e. The van der Waals surface area contributed by atoms with E-state index in [4.69, 9.17) is 0 Å². The molecule has 0 fully saturated rings. The molecular weight excluding hydrogens is 387 g/mol. The molecule has 0 amide bonds. The lowest BCUT2D eigenvalue weighted by Crippen LogP contribution is -2.37. The van der Waals surface area contributed by atoms with E-state index in [1.54, 1.807) is 0 Å². The summed E-state index contributed by atoms with van der Waals surface area (Å²) < 4.78 is 0. The predicted octanol–water partition coefficient (Wildman–Crippen LogP) is 3.64. The molecule has 2 rings (SSSR count). The number of benzene rings is 1. The fourth-order valence-corrected chi connectivity index (χ4v) is 2.29. The highest BCUT2D eigenvalue weighted by atomic mass is 127. The van der Waals surface area contributed by atoms with Crippen LogP contribution in [0, 0.1) is 13.8 Å². The Bertz CT molecular complexity index is 658. The zero-order valence-corrected chi connectivity index (χ0v) is 15.8. The van der Waals surface area contributed by atoms with E-state index in [0.717, 1.165) is 12.5 Å². The molecule has 0 radical (unpaired) electrons. The van der Waals surface area contributed by atoms with Gasteiger partial charge in [-0.05, 0) is 44.0 Å². The smallest absolute Gasteiger partial charge is 0.191 e. The highest BCUT2D eigenvalue weighted by Crippen LogP contribution is 2.22. The zero-order chi connectivity index (χ0) is 15.2. The van der Waals surface area contributed by atoms with E-state index in [1.807, 2.05) is 6.08 Å². The number of aryl methyl sites for hydroxylation is 2. The number of hydrogen-bond donors (Lipinski definition) is 3. The summed E-state index contributed by atoms with van der Waals surface area (Å²) in [7, 11) is 0. The number of guanidine groups is 1. The highest BCUT2D eigenvalue weighted by Gasteiger charge is 2.05. The third kappa shape index (κ3) is 4.50. The van der Waals surface area contributed by atoms with Crippen LogP contribution >= 0.6 is 24.0 Å². The van der Waals surface area contributed by atoms with Gasteiger partial charge >= 0.3 is 0 Å². The van der Waals surface area contributed by atoms with Crippen LogP contribution in [0.2, 0.25) is 0 Å². The van der Waals surface area contributed by atoms with E-state index >= 15 is 0 Å². The van der Waals surface area contributed by atoms with Crippen molar-refractivity contribution in [1.82, 2.24) is 15.6 Å². The molecule has 22 heavy (non-hydrogen) atoms. The first-order valence-corrected chi connectivity index (χ1v) is 7.36. The average molecular weight is 412 g/mol. The first-order valence-electron chi connectivity index (χ1n) is 7.36. The van der Waals surface area contributed by atoms with Crippen LogP contribution < -0.4 is 10.6 Å². The van der Waals surface area contributed by atoms with Crippen molar-refractivity contribution in [3.8, 4) is 0 Å². The van der Waals surface area contributed by atoms with E-state index < -0.39 is 0 Å². The molecule has 0 aliphatic carbocycles. The monoisotopic (exact) mass is 412 g/mol. The molecule has 120 valence electrons. The number of aromatic nitrogens is 1. The van der Waals surface area contributed by atoms with E-state index in [9.17, 15) is 0 Å². The number of fused-ring (bicyclic) bond motifs is 1. The van der Waals surface area contributed by atoms with Gasteiger partial charge in [0.25, 0.3) is 0 Å². The summed E-state index contributed by atoms with van der Waals surface area (Å²) in [5, 5.41) is 7.71. The fraction of sp³-hybridized carbons (Fsp3) is 0.353. The SMILES string of the molecule is C=CCNC(=NCc1ccc2[nH]c(C)c(C)c2c1)NCC.I. The van der Waals surface area contributed by atoms with Crippen molar-refractivity contribution in [3.63, 3.8) is 0 Å². The number of nitrogens with one attached hydrogen (secondary N) is 3. The van der Waals surface area contributed by atoms with Crippen LogP contribution in [0.4, 0.5) is 0 Å². The lowest BCUT2D eigenvalue weighted by molar-refractivity contribution is 0.860. The van der Waals surface area contributed by atoms with Crippen LogP contribution in [0.1, 0.15) is 23.7 Å². The molecule has 1 aromatic heterocycles.